The molecule has 0 bridgehead atoms. The fraction of sp³-hybridized carbons (Fsp3) is 0.793. The molecule has 0 aromatic carbocycles. The van der Waals surface area contributed by atoms with Crippen LogP contribution in [0.3, 0.4) is 0 Å². The van der Waals surface area contributed by atoms with E-state index in [1.54, 1.807) is 0 Å². The summed E-state index contributed by atoms with van der Waals surface area (Å²) in [5, 5.41) is 10.5. The lowest BCUT2D eigenvalue weighted by Gasteiger charge is -2.69. The molecule has 0 aromatic heterocycles. The van der Waals surface area contributed by atoms with Gasteiger partial charge in [-0.1, -0.05) is 38.2 Å². The lowest BCUT2D eigenvalue weighted by atomic mass is 9.35. The quantitative estimate of drug-likeness (QED) is 0.395. The molecule has 0 spiro atoms. The predicted octanol–water partition coefficient (Wildman–Crippen LogP) is 6.41. The SMILES string of the molecule is C=C(C)C1CC[C@]2(C)[C@H]3C1CCC(=O)O[C@@H]3C[C@@H]1[C@H]3[C@H](C(=C)C)CC[C@]3(C(=O)O)CC[C@]12C. The van der Waals surface area contributed by atoms with Gasteiger partial charge in [0.05, 0.1) is 5.41 Å². The third kappa shape index (κ3) is 2.94. The number of rotatable bonds is 3. The third-order valence-electron chi connectivity index (χ3n) is 11.9. The Morgan fingerprint density at radius 3 is 2.24 bits per heavy atom. The summed E-state index contributed by atoms with van der Waals surface area (Å²) < 4.78 is 6.24. The van der Waals surface area contributed by atoms with Gasteiger partial charge in [0.1, 0.15) is 6.10 Å². The number of esters is 1. The van der Waals surface area contributed by atoms with E-state index in [4.69, 9.17) is 4.74 Å². The van der Waals surface area contributed by atoms with Gasteiger partial charge in [-0.05, 0) is 106 Å². The molecule has 0 radical (unpaired) electrons. The number of hydrogen-bond acceptors (Lipinski definition) is 3. The first kappa shape index (κ1) is 23.2. The Labute approximate surface area is 199 Å². The Bertz CT molecular complexity index is 905. The summed E-state index contributed by atoms with van der Waals surface area (Å²) in [6.45, 7) is 17.8. The summed E-state index contributed by atoms with van der Waals surface area (Å²) in [5.41, 5.74) is 1.80. The van der Waals surface area contributed by atoms with Crippen molar-refractivity contribution in [3.63, 3.8) is 0 Å². The van der Waals surface area contributed by atoms with Crippen LogP contribution in [-0.2, 0) is 14.3 Å². The molecular weight excluding hydrogens is 412 g/mol. The molecule has 182 valence electrons. The summed E-state index contributed by atoms with van der Waals surface area (Å²) >= 11 is 0. The topological polar surface area (TPSA) is 63.6 Å². The molecule has 1 N–H and O–H groups in total. The van der Waals surface area contributed by atoms with Gasteiger partial charge in [-0.15, -0.1) is 0 Å². The van der Waals surface area contributed by atoms with Gasteiger partial charge in [0.2, 0.25) is 0 Å². The largest absolute Gasteiger partial charge is 0.481 e. The standard InChI is InChI=1S/C29H42O4/c1-16(2)18-9-11-28(6)25-20(18)7-8-23(30)33-22(25)15-21-24-19(17(3)4)10-12-29(24,26(31)32)14-13-27(21,28)5/h18-22,24-25H,1,3,7-15H2,2,4-6H3,(H,31,32)/t18?,19-,20?,21+,22+,24+,25-,27+,28+,29-/m0/s1. The lowest BCUT2D eigenvalue weighted by molar-refractivity contribution is -0.234. The van der Waals surface area contributed by atoms with E-state index in [2.05, 4.69) is 40.9 Å². The maximum Gasteiger partial charge on any atom is 0.309 e. The molecule has 5 fully saturated rings. The van der Waals surface area contributed by atoms with Crippen molar-refractivity contribution < 1.29 is 19.4 Å². The summed E-state index contributed by atoms with van der Waals surface area (Å²) in [7, 11) is 0. The lowest BCUT2D eigenvalue weighted by Crippen LogP contribution is -2.66. The van der Waals surface area contributed by atoms with Crippen molar-refractivity contribution in [2.75, 3.05) is 0 Å². The zero-order valence-electron chi connectivity index (χ0n) is 21.0. The average Bonchev–Trinajstić information content (AvgIpc) is 3.06. The molecule has 1 heterocycles. The van der Waals surface area contributed by atoms with Gasteiger partial charge in [0, 0.05) is 12.3 Å². The van der Waals surface area contributed by atoms with Crippen LogP contribution >= 0.6 is 0 Å². The molecule has 5 aliphatic rings. The Morgan fingerprint density at radius 2 is 1.61 bits per heavy atom. The van der Waals surface area contributed by atoms with Gasteiger partial charge >= 0.3 is 11.9 Å². The zero-order chi connectivity index (χ0) is 23.9. The monoisotopic (exact) mass is 454 g/mol. The molecule has 0 aromatic rings. The smallest absolute Gasteiger partial charge is 0.309 e. The van der Waals surface area contributed by atoms with E-state index in [-0.39, 0.29) is 40.7 Å². The number of hydrogen-bond donors (Lipinski definition) is 1. The summed E-state index contributed by atoms with van der Waals surface area (Å²) in [6.07, 6.45) is 7.72. The van der Waals surface area contributed by atoms with Crippen LogP contribution in [0.4, 0.5) is 0 Å². The maximum absolute atomic E-state index is 12.8. The molecule has 10 atom stereocenters. The van der Waals surface area contributed by atoms with E-state index >= 15 is 0 Å². The van der Waals surface area contributed by atoms with Crippen LogP contribution in [0.15, 0.2) is 24.3 Å². The van der Waals surface area contributed by atoms with Crippen molar-refractivity contribution in [1.82, 2.24) is 0 Å². The van der Waals surface area contributed by atoms with Crippen LogP contribution in [-0.4, -0.2) is 23.1 Å². The third-order valence-corrected chi connectivity index (χ3v) is 11.9. The Morgan fingerprint density at radius 1 is 0.939 bits per heavy atom. The molecule has 4 saturated carbocycles. The molecular formula is C29H42O4. The number of allylic oxidation sites excluding steroid dienone is 2. The highest BCUT2D eigenvalue weighted by Gasteiger charge is 2.71. The van der Waals surface area contributed by atoms with Gasteiger partial charge in [0.25, 0.3) is 0 Å². The maximum atomic E-state index is 12.8. The van der Waals surface area contributed by atoms with Gasteiger partial charge in [-0.25, -0.2) is 0 Å². The number of fused-ring (bicyclic) bond motifs is 4. The van der Waals surface area contributed by atoms with Crippen LogP contribution in [0.2, 0.25) is 0 Å². The number of carbonyl (C=O) groups excluding carboxylic acids is 1. The second-order valence-corrected chi connectivity index (χ2v) is 12.9. The van der Waals surface area contributed by atoms with Crippen LogP contribution in [0.25, 0.3) is 0 Å². The van der Waals surface area contributed by atoms with E-state index in [0.29, 0.717) is 24.2 Å². The van der Waals surface area contributed by atoms with Crippen LogP contribution in [0.5, 0.6) is 0 Å². The predicted molar refractivity (Wildman–Crippen MR) is 128 cm³/mol. The second-order valence-electron chi connectivity index (χ2n) is 12.9. The van der Waals surface area contributed by atoms with Crippen LogP contribution in [0.1, 0.15) is 85.5 Å². The molecule has 33 heavy (non-hydrogen) atoms. The first-order chi connectivity index (χ1) is 15.5. The summed E-state index contributed by atoms with van der Waals surface area (Å²) in [5.74, 6) is 1.11. The van der Waals surface area contributed by atoms with Gasteiger partial charge in [-0.2, -0.15) is 0 Å². The number of carboxylic acid groups (broad SMARTS) is 1. The molecule has 0 amide bonds. The molecule has 5 rings (SSSR count). The van der Waals surface area contributed by atoms with E-state index in [1.807, 2.05) is 0 Å². The van der Waals surface area contributed by atoms with Crippen molar-refractivity contribution >= 4 is 11.9 Å². The fourth-order valence-corrected chi connectivity index (χ4v) is 10.1. The first-order valence-electron chi connectivity index (χ1n) is 13.2. The zero-order valence-corrected chi connectivity index (χ0v) is 21.0. The Hall–Kier alpha value is -1.58. The van der Waals surface area contributed by atoms with Crippen LogP contribution in [0, 0.1) is 51.8 Å². The van der Waals surface area contributed by atoms with Crippen molar-refractivity contribution in [2.24, 2.45) is 51.8 Å². The number of ether oxygens (including phenoxy) is 1. The molecule has 4 aliphatic carbocycles. The highest BCUT2D eigenvalue weighted by molar-refractivity contribution is 5.76. The Balaban J connectivity index is 1.64. The van der Waals surface area contributed by atoms with Gasteiger partial charge in [-0.3, -0.25) is 9.59 Å². The van der Waals surface area contributed by atoms with E-state index in [1.165, 1.54) is 5.57 Å². The average molecular weight is 455 g/mol. The van der Waals surface area contributed by atoms with Crippen LogP contribution < -0.4 is 0 Å². The van der Waals surface area contributed by atoms with Crippen molar-refractivity contribution in [3.8, 4) is 0 Å². The van der Waals surface area contributed by atoms with Gasteiger partial charge in [0.15, 0.2) is 0 Å². The molecule has 2 unspecified atom stereocenters. The Kier molecular flexibility index (Phi) is 5.24. The van der Waals surface area contributed by atoms with Crippen molar-refractivity contribution in [1.29, 1.82) is 0 Å². The molecule has 1 aliphatic heterocycles. The second kappa shape index (κ2) is 7.46. The molecule has 4 heteroatoms. The highest BCUT2D eigenvalue weighted by Crippen LogP contribution is 2.75. The summed E-state index contributed by atoms with van der Waals surface area (Å²) in [4.78, 5) is 25.5. The number of carboxylic acids is 1. The fourth-order valence-electron chi connectivity index (χ4n) is 10.1. The number of aliphatic carboxylic acids is 1. The minimum Gasteiger partial charge on any atom is -0.481 e. The highest BCUT2D eigenvalue weighted by atomic mass is 16.5. The van der Waals surface area contributed by atoms with Crippen molar-refractivity contribution in [3.05, 3.63) is 24.3 Å². The first-order valence-corrected chi connectivity index (χ1v) is 13.2. The molecule has 4 nitrogen and oxygen atoms in total. The molecule has 1 saturated heterocycles. The van der Waals surface area contributed by atoms with E-state index < -0.39 is 11.4 Å². The van der Waals surface area contributed by atoms with Crippen molar-refractivity contribution in [2.45, 2.75) is 91.6 Å². The van der Waals surface area contributed by atoms with E-state index in [9.17, 15) is 14.7 Å². The van der Waals surface area contributed by atoms with E-state index in [0.717, 1.165) is 56.9 Å². The summed E-state index contributed by atoms with van der Waals surface area (Å²) in [6, 6.07) is 0. The minimum absolute atomic E-state index is 0.0364. The van der Waals surface area contributed by atoms with Gasteiger partial charge < -0.3 is 9.84 Å². The number of carbonyl (C=O) groups is 2. The minimum atomic E-state index is -0.653. The normalized spacial score (nSPS) is 50.8.